The average molecular weight is 413 g/mol. The molecule has 6 nitrogen and oxygen atoms in total. The van der Waals surface area contributed by atoms with Gasteiger partial charge in [-0.25, -0.2) is 14.4 Å². The molecule has 7 heteroatoms. The van der Waals surface area contributed by atoms with E-state index in [4.69, 9.17) is 4.52 Å². The summed E-state index contributed by atoms with van der Waals surface area (Å²) in [5, 5.41) is 4.06. The van der Waals surface area contributed by atoms with Crippen LogP contribution in [0.15, 0.2) is 65.4 Å². The second-order valence-corrected chi connectivity index (χ2v) is 7.48. The van der Waals surface area contributed by atoms with Crippen molar-refractivity contribution in [1.82, 2.24) is 24.7 Å². The number of imidazole rings is 1. The first kappa shape index (κ1) is 19.1. The van der Waals surface area contributed by atoms with Crippen LogP contribution in [0.2, 0.25) is 0 Å². The number of hydrogen-bond donors (Lipinski definition) is 0. The number of aryl methyl sites for hydroxylation is 3. The summed E-state index contributed by atoms with van der Waals surface area (Å²) in [6, 6.07) is 14.3. The summed E-state index contributed by atoms with van der Waals surface area (Å²) in [4.78, 5) is 13.6. The number of hydrogen-bond acceptors (Lipinski definition) is 5. The maximum Gasteiger partial charge on any atom is 0.177 e. The van der Waals surface area contributed by atoms with Crippen molar-refractivity contribution in [3.8, 4) is 11.1 Å². The number of benzene rings is 1. The molecule has 1 unspecified atom stereocenters. The van der Waals surface area contributed by atoms with Gasteiger partial charge < -0.3 is 9.09 Å². The zero-order valence-electron chi connectivity index (χ0n) is 17.4. The first-order valence-corrected chi connectivity index (χ1v) is 9.97. The minimum Gasteiger partial charge on any atom is -0.361 e. The van der Waals surface area contributed by atoms with Crippen molar-refractivity contribution in [2.75, 3.05) is 0 Å². The minimum atomic E-state index is -0.492. The summed E-state index contributed by atoms with van der Waals surface area (Å²) in [5.41, 5.74) is 5.18. The highest BCUT2D eigenvalue weighted by atomic mass is 19.1. The van der Waals surface area contributed by atoms with Crippen LogP contribution in [0.4, 0.5) is 4.39 Å². The molecule has 0 aliphatic carbocycles. The molecule has 0 amide bonds. The topological polar surface area (TPSA) is 69.6 Å². The summed E-state index contributed by atoms with van der Waals surface area (Å²) in [6.07, 6.45) is 3.38. The van der Waals surface area contributed by atoms with Gasteiger partial charge in [0.25, 0.3) is 0 Å². The molecule has 0 fully saturated rings. The molecule has 5 aromatic rings. The Hall–Kier alpha value is -3.87. The molecule has 4 heterocycles. The molecule has 0 radical (unpaired) electrons. The highest BCUT2D eigenvalue weighted by molar-refractivity contribution is 5.80. The van der Waals surface area contributed by atoms with E-state index in [2.05, 4.69) is 20.1 Å². The summed E-state index contributed by atoms with van der Waals surface area (Å²) in [5.74, 6) is 1.07. The van der Waals surface area contributed by atoms with Gasteiger partial charge in [-0.3, -0.25) is 4.98 Å². The number of nitrogens with zero attached hydrogens (tertiary/aromatic N) is 5. The van der Waals surface area contributed by atoms with E-state index < -0.39 is 6.04 Å². The molecule has 0 N–H and O–H groups in total. The summed E-state index contributed by atoms with van der Waals surface area (Å²) < 4.78 is 22.3. The first-order valence-electron chi connectivity index (χ1n) is 9.97. The van der Waals surface area contributed by atoms with Gasteiger partial charge in [-0.05, 0) is 44.5 Å². The highest BCUT2D eigenvalue weighted by Gasteiger charge is 2.26. The van der Waals surface area contributed by atoms with Crippen molar-refractivity contribution < 1.29 is 8.91 Å². The Morgan fingerprint density at radius 3 is 2.52 bits per heavy atom. The fraction of sp³-hybridized carbons (Fsp3) is 0.167. The normalized spacial score (nSPS) is 12.4. The van der Waals surface area contributed by atoms with E-state index in [1.54, 1.807) is 18.5 Å². The smallest absolute Gasteiger partial charge is 0.177 e. The fourth-order valence-corrected chi connectivity index (χ4v) is 4.11. The van der Waals surface area contributed by atoms with Gasteiger partial charge in [0.1, 0.15) is 29.1 Å². The number of fused-ring (bicyclic) bond motifs is 1. The van der Waals surface area contributed by atoms with Crippen LogP contribution in [0, 0.1) is 26.6 Å². The Balaban J connectivity index is 1.79. The van der Waals surface area contributed by atoms with Crippen LogP contribution in [-0.2, 0) is 0 Å². The molecule has 0 spiro atoms. The van der Waals surface area contributed by atoms with Crippen LogP contribution in [0.1, 0.15) is 34.6 Å². The zero-order chi connectivity index (χ0) is 21.5. The van der Waals surface area contributed by atoms with E-state index in [0.29, 0.717) is 11.3 Å². The Bertz CT molecular complexity index is 1370. The second-order valence-electron chi connectivity index (χ2n) is 7.48. The van der Waals surface area contributed by atoms with Crippen LogP contribution >= 0.6 is 0 Å². The van der Waals surface area contributed by atoms with E-state index >= 15 is 0 Å². The third kappa shape index (κ3) is 3.18. The van der Waals surface area contributed by atoms with Gasteiger partial charge in [-0.2, -0.15) is 0 Å². The quantitative estimate of drug-likeness (QED) is 0.406. The SMILES string of the molecule is Cc1noc(C)c1-c1cnc2nc(C)n(C(c3ccccc3)c3ncccc3F)c2c1. The lowest BCUT2D eigenvalue weighted by Crippen LogP contribution is -2.17. The molecule has 0 aliphatic heterocycles. The third-order valence-corrected chi connectivity index (χ3v) is 5.46. The van der Waals surface area contributed by atoms with E-state index in [0.717, 1.165) is 39.5 Å². The maximum absolute atomic E-state index is 14.9. The molecule has 1 aromatic carbocycles. The van der Waals surface area contributed by atoms with Gasteiger partial charge in [0.2, 0.25) is 0 Å². The van der Waals surface area contributed by atoms with E-state index in [1.165, 1.54) is 6.07 Å². The number of pyridine rings is 2. The van der Waals surface area contributed by atoms with Crippen molar-refractivity contribution in [3.63, 3.8) is 0 Å². The Morgan fingerprint density at radius 1 is 1.00 bits per heavy atom. The fourth-order valence-electron chi connectivity index (χ4n) is 4.11. The predicted molar refractivity (Wildman–Crippen MR) is 115 cm³/mol. The van der Waals surface area contributed by atoms with Crippen LogP contribution < -0.4 is 0 Å². The number of halogens is 1. The summed E-state index contributed by atoms with van der Waals surface area (Å²) in [6.45, 7) is 5.67. The van der Waals surface area contributed by atoms with Crippen molar-refractivity contribution >= 4 is 11.2 Å². The molecule has 0 aliphatic rings. The Kier molecular flexibility index (Phi) is 4.58. The predicted octanol–water partition coefficient (Wildman–Crippen LogP) is 5.18. The van der Waals surface area contributed by atoms with Crippen LogP contribution in [0.25, 0.3) is 22.3 Å². The van der Waals surface area contributed by atoms with Gasteiger partial charge in [0.05, 0.1) is 11.2 Å². The zero-order valence-corrected chi connectivity index (χ0v) is 17.4. The minimum absolute atomic E-state index is 0.332. The van der Waals surface area contributed by atoms with Gasteiger partial charge in [-0.1, -0.05) is 35.5 Å². The van der Waals surface area contributed by atoms with Crippen molar-refractivity contribution in [3.05, 3.63) is 95.3 Å². The molecule has 0 bridgehead atoms. The Labute approximate surface area is 178 Å². The number of aromatic nitrogens is 5. The van der Waals surface area contributed by atoms with Crippen LogP contribution in [-0.4, -0.2) is 24.7 Å². The van der Waals surface area contributed by atoms with E-state index in [-0.39, 0.29) is 5.82 Å². The largest absolute Gasteiger partial charge is 0.361 e. The lowest BCUT2D eigenvalue weighted by molar-refractivity contribution is 0.393. The monoisotopic (exact) mass is 413 g/mol. The van der Waals surface area contributed by atoms with Gasteiger partial charge in [0.15, 0.2) is 5.65 Å². The third-order valence-electron chi connectivity index (χ3n) is 5.46. The van der Waals surface area contributed by atoms with Gasteiger partial charge in [0, 0.05) is 23.5 Å². The van der Waals surface area contributed by atoms with Crippen molar-refractivity contribution in [2.24, 2.45) is 0 Å². The lowest BCUT2D eigenvalue weighted by Gasteiger charge is -2.22. The molecule has 0 saturated carbocycles. The van der Waals surface area contributed by atoms with Crippen molar-refractivity contribution in [1.29, 1.82) is 0 Å². The van der Waals surface area contributed by atoms with E-state index in [9.17, 15) is 4.39 Å². The molecule has 1 atom stereocenters. The molecule has 154 valence electrons. The van der Waals surface area contributed by atoms with Crippen molar-refractivity contribution in [2.45, 2.75) is 26.8 Å². The molecule has 4 aromatic heterocycles. The van der Waals surface area contributed by atoms with Crippen LogP contribution in [0.3, 0.4) is 0 Å². The van der Waals surface area contributed by atoms with Gasteiger partial charge in [-0.15, -0.1) is 0 Å². The summed E-state index contributed by atoms with van der Waals surface area (Å²) >= 11 is 0. The highest BCUT2D eigenvalue weighted by Crippen LogP contribution is 2.34. The number of rotatable bonds is 4. The average Bonchev–Trinajstić information content (AvgIpc) is 3.28. The lowest BCUT2D eigenvalue weighted by atomic mass is 10.0. The summed E-state index contributed by atoms with van der Waals surface area (Å²) in [7, 11) is 0. The Morgan fingerprint density at radius 2 is 1.81 bits per heavy atom. The maximum atomic E-state index is 14.9. The first-order chi connectivity index (χ1) is 15.0. The molecule has 0 saturated heterocycles. The molecule has 31 heavy (non-hydrogen) atoms. The second kappa shape index (κ2) is 7.43. The van der Waals surface area contributed by atoms with Crippen LogP contribution in [0.5, 0.6) is 0 Å². The molecular formula is C24H20FN5O. The molecule has 5 rings (SSSR count). The van der Waals surface area contributed by atoms with E-state index in [1.807, 2.05) is 61.7 Å². The van der Waals surface area contributed by atoms with Gasteiger partial charge >= 0.3 is 0 Å². The standard InChI is InChI=1S/C24H20FN5O/c1-14-21(15(2)31-29-14)18-12-20-24(27-13-18)28-16(3)30(20)23(17-8-5-4-6-9-17)22-19(25)10-7-11-26-22/h4-13,23H,1-3H3. The molecular weight excluding hydrogens is 393 g/mol.